The largest absolute Gasteiger partial charge is 0.444 e. The molecule has 1 saturated carbocycles. The quantitative estimate of drug-likeness (QED) is 0.833. The molecule has 134 valence electrons. The van der Waals surface area contributed by atoms with E-state index in [0.29, 0.717) is 12.0 Å². The Kier molecular flexibility index (Phi) is 3.99. The number of nitriles is 1. The zero-order valence-electron chi connectivity index (χ0n) is 14.3. The fourth-order valence-electron chi connectivity index (χ4n) is 3.83. The van der Waals surface area contributed by atoms with Crippen LogP contribution in [0.2, 0.25) is 0 Å². The summed E-state index contributed by atoms with van der Waals surface area (Å²) in [5.74, 6) is -1.62. The van der Waals surface area contributed by atoms with Crippen molar-refractivity contribution >= 4 is 6.09 Å². The van der Waals surface area contributed by atoms with Gasteiger partial charge in [-0.3, -0.25) is 0 Å². The number of carbonyl (C=O) groups is 1. The van der Waals surface area contributed by atoms with Gasteiger partial charge in [-0.1, -0.05) is 0 Å². The van der Waals surface area contributed by atoms with Crippen molar-refractivity contribution in [3.8, 4) is 6.07 Å². The van der Waals surface area contributed by atoms with Crippen molar-refractivity contribution < 1.29 is 23.4 Å². The molecule has 1 aliphatic carbocycles. The summed E-state index contributed by atoms with van der Waals surface area (Å²) in [5, 5.41) is 19.2. The SMILES string of the molecule is CC(C)(C)OC(=O)N1C[C@]2(c3cc(F)cc(F)c3)C[C@H]2[C@@H]1[C@@H](O)C#N. The molecule has 25 heavy (non-hydrogen) atoms. The maximum atomic E-state index is 13.6. The third-order valence-electron chi connectivity index (χ3n) is 4.88. The first-order valence-corrected chi connectivity index (χ1v) is 8.11. The van der Waals surface area contributed by atoms with E-state index in [1.165, 1.54) is 17.0 Å². The van der Waals surface area contributed by atoms with Crippen LogP contribution in [0.1, 0.15) is 32.8 Å². The molecule has 4 atom stereocenters. The van der Waals surface area contributed by atoms with E-state index in [1.54, 1.807) is 26.8 Å². The molecule has 0 bridgehead atoms. The van der Waals surface area contributed by atoms with Gasteiger partial charge in [-0.15, -0.1) is 0 Å². The standard InChI is InChI=1S/C18H20F2N2O3/c1-17(2,3)25-16(24)22-9-18(7-13(18)15(22)14(23)8-21)10-4-11(19)6-12(20)5-10/h4-6,13-15,23H,7,9H2,1-3H3/t13-,14-,15+,18-/m0/s1. The minimum Gasteiger partial charge on any atom is -0.444 e. The fourth-order valence-corrected chi connectivity index (χ4v) is 3.83. The van der Waals surface area contributed by atoms with Crippen LogP contribution in [0.4, 0.5) is 13.6 Å². The molecule has 1 heterocycles. The Morgan fingerprint density at radius 2 is 2.00 bits per heavy atom. The molecule has 7 heteroatoms. The number of fused-ring (bicyclic) bond motifs is 1. The van der Waals surface area contributed by atoms with Crippen molar-refractivity contribution in [3.63, 3.8) is 0 Å². The normalized spacial score (nSPS) is 28.9. The van der Waals surface area contributed by atoms with Gasteiger partial charge in [0.05, 0.1) is 12.1 Å². The molecule has 5 nitrogen and oxygen atoms in total. The topological polar surface area (TPSA) is 73.6 Å². The summed E-state index contributed by atoms with van der Waals surface area (Å²) in [6, 6.07) is 4.29. The highest BCUT2D eigenvalue weighted by atomic mass is 19.1. The number of benzene rings is 1. The highest BCUT2D eigenvalue weighted by molar-refractivity contribution is 5.71. The lowest BCUT2D eigenvalue weighted by Crippen LogP contribution is -2.47. The van der Waals surface area contributed by atoms with Crippen molar-refractivity contribution in [3.05, 3.63) is 35.4 Å². The number of hydrogen-bond donors (Lipinski definition) is 1. The molecule has 2 fully saturated rings. The number of halogens is 2. The maximum absolute atomic E-state index is 13.6. The summed E-state index contributed by atoms with van der Waals surface area (Å²) in [7, 11) is 0. The van der Waals surface area contributed by atoms with E-state index in [4.69, 9.17) is 10.00 Å². The van der Waals surface area contributed by atoms with Crippen LogP contribution in [0.15, 0.2) is 18.2 Å². The summed E-state index contributed by atoms with van der Waals surface area (Å²) >= 11 is 0. The van der Waals surface area contributed by atoms with Crippen LogP contribution in [0.3, 0.4) is 0 Å². The Morgan fingerprint density at radius 1 is 1.40 bits per heavy atom. The van der Waals surface area contributed by atoms with E-state index in [0.717, 1.165) is 6.07 Å². The second-order valence-electron chi connectivity index (χ2n) is 7.80. The molecular formula is C18H20F2N2O3. The maximum Gasteiger partial charge on any atom is 0.410 e. The van der Waals surface area contributed by atoms with E-state index in [1.807, 2.05) is 0 Å². The highest BCUT2D eigenvalue weighted by Crippen LogP contribution is 2.62. The number of aliphatic hydroxyl groups is 1. The Morgan fingerprint density at radius 3 is 2.52 bits per heavy atom. The van der Waals surface area contributed by atoms with Crippen LogP contribution in [0, 0.1) is 28.9 Å². The number of hydrogen-bond acceptors (Lipinski definition) is 4. The predicted octanol–water partition coefficient (Wildman–Crippen LogP) is 2.73. The molecule has 3 rings (SSSR count). The van der Waals surface area contributed by atoms with Crippen LogP contribution in [-0.2, 0) is 10.2 Å². The number of aliphatic hydroxyl groups excluding tert-OH is 1. The van der Waals surface area contributed by atoms with Crippen molar-refractivity contribution in [1.82, 2.24) is 4.90 Å². The minimum absolute atomic E-state index is 0.152. The van der Waals surface area contributed by atoms with E-state index >= 15 is 0 Å². The summed E-state index contributed by atoms with van der Waals surface area (Å²) in [4.78, 5) is 13.8. The zero-order valence-corrected chi connectivity index (χ0v) is 14.3. The zero-order chi connectivity index (χ0) is 18.6. The number of nitrogens with zero attached hydrogens (tertiary/aromatic N) is 2. The number of amides is 1. The number of piperidine rings is 1. The van der Waals surface area contributed by atoms with Crippen LogP contribution in [-0.4, -0.2) is 40.4 Å². The first-order valence-electron chi connectivity index (χ1n) is 8.11. The van der Waals surface area contributed by atoms with Crippen molar-refractivity contribution in [2.75, 3.05) is 6.54 Å². The van der Waals surface area contributed by atoms with Crippen molar-refractivity contribution in [2.24, 2.45) is 5.92 Å². The minimum atomic E-state index is -1.39. The van der Waals surface area contributed by atoms with Gasteiger partial charge in [0.25, 0.3) is 0 Å². The smallest absolute Gasteiger partial charge is 0.410 e. The number of likely N-dealkylation sites (tertiary alicyclic amines) is 1. The van der Waals surface area contributed by atoms with Gasteiger partial charge in [0.2, 0.25) is 0 Å². The lowest BCUT2D eigenvalue weighted by molar-refractivity contribution is 0.00669. The molecule has 1 saturated heterocycles. The summed E-state index contributed by atoms with van der Waals surface area (Å²) in [6.45, 7) is 5.30. The van der Waals surface area contributed by atoms with Crippen LogP contribution in [0.25, 0.3) is 0 Å². The molecule has 0 unspecified atom stereocenters. The molecule has 1 aliphatic heterocycles. The molecule has 2 aliphatic rings. The van der Waals surface area contributed by atoms with Crippen LogP contribution >= 0.6 is 0 Å². The van der Waals surface area contributed by atoms with Crippen LogP contribution < -0.4 is 0 Å². The third kappa shape index (κ3) is 3.07. The molecule has 1 N–H and O–H groups in total. The predicted molar refractivity (Wildman–Crippen MR) is 84.5 cm³/mol. The molecule has 1 aromatic carbocycles. The lowest BCUT2D eigenvalue weighted by atomic mass is 9.93. The van der Waals surface area contributed by atoms with Gasteiger partial charge in [-0.05, 0) is 50.8 Å². The van der Waals surface area contributed by atoms with Crippen molar-refractivity contribution in [2.45, 2.75) is 50.4 Å². The van der Waals surface area contributed by atoms with Gasteiger partial charge in [0.1, 0.15) is 17.2 Å². The van der Waals surface area contributed by atoms with Gasteiger partial charge < -0.3 is 14.7 Å². The number of ether oxygens (including phenoxy) is 1. The first-order chi connectivity index (χ1) is 11.6. The average molecular weight is 350 g/mol. The second kappa shape index (κ2) is 5.67. The van der Waals surface area contributed by atoms with E-state index in [9.17, 15) is 18.7 Å². The first kappa shape index (κ1) is 17.6. The van der Waals surface area contributed by atoms with Gasteiger partial charge >= 0.3 is 6.09 Å². The van der Waals surface area contributed by atoms with E-state index in [-0.39, 0.29) is 12.5 Å². The van der Waals surface area contributed by atoms with E-state index in [2.05, 4.69) is 0 Å². The van der Waals surface area contributed by atoms with Gasteiger partial charge in [0, 0.05) is 18.0 Å². The van der Waals surface area contributed by atoms with Crippen LogP contribution in [0.5, 0.6) is 0 Å². The molecule has 0 aromatic heterocycles. The average Bonchev–Trinajstić information content (AvgIpc) is 3.10. The Bertz CT molecular complexity index is 735. The second-order valence-corrected chi connectivity index (χ2v) is 7.80. The number of rotatable bonds is 2. The van der Waals surface area contributed by atoms with E-state index < -0.39 is 40.9 Å². The van der Waals surface area contributed by atoms with Crippen molar-refractivity contribution in [1.29, 1.82) is 5.26 Å². The molecule has 0 spiro atoms. The van der Waals surface area contributed by atoms with Gasteiger partial charge in [-0.25, -0.2) is 13.6 Å². The summed E-state index contributed by atoms with van der Waals surface area (Å²) in [6.07, 6.45) is -1.48. The third-order valence-corrected chi connectivity index (χ3v) is 4.88. The van der Waals surface area contributed by atoms with Gasteiger partial charge in [0.15, 0.2) is 6.10 Å². The highest BCUT2D eigenvalue weighted by Gasteiger charge is 2.68. The summed E-state index contributed by atoms with van der Waals surface area (Å²) in [5.41, 5.74) is -0.942. The monoisotopic (exact) mass is 350 g/mol. The molecule has 1 aromatic rings. The number of carbonyl (C=O) groups excluding carboxylic acids is 1. The lowest BCUT2D eigenvalue weighted by Gasteiger charge is -2.31. The Balaban J connectivity index is 1.93. The molecule has 1 amide bonds. The fraction of sp³-hybridized carbons (Fsp3) is 0.556. The van der Waals surface area contributed by atoms with Gasteiger partial charge in [-0.2, -0.15) is 5.26 Å². The Hall–Kier alpha value is -2.20. The summed E-state index contributed by atoms with van der Waals surface area (Å²) < 4.78 is 32.6. The molecular weight excluding hydrogens is 330 g/mol. The molecule has 0 radical (unpaired) electrons. The Labute approximate surface area is 144 Å².